The van der Waals surface area contributed by atoms with E-state index in [4.69, 9.17) is 5.11 Å². The summed E-state index contributed by atoms with van der Waals surface area (Å²) in [5.41, 5.74) is 0. The summed E-state index contributed by atoms with van der Waals surface area (Å²) in [5.74, 6) is -2.22. The van der Waals surface area contributed by atoms with E-state index < -0.39 is 11.9 Å². The van der Waals surface area contributed by atoms with Crippen molar-refractivity contribution in [1.29, 1.82) is 0 Å². The molecule has 1 N–H and O–H groups in total. The standard InChI is InChI=1S/C11H20N2O3/c1-8(11(15)16)10(14)13-6-4-5-9(13)7-12(2)3/h8-9H,4-7H2,1-3H3,(H,15,16). The maximum atomic E-state index is 11.9. The molecule has 1 aliphatic heterocycles. The lowest BCUT2D eigenvalue weighted by molar-refractivity contribution is -0.150. The summed E-state index contributed by atoms with van der Waals surface area (Å²) >= 11 is 0. The SMILES string of the molecule is CC(C(=O)O)C(=O)N1CCCC1CN(C)C. The van der Waals surface area contributed by atoms with Crippen LogP contribution in [0.15, 0.2) is 0 Å². The van der Waals surface area contributed by atoms with Crippen molar-refractivity contribution in [3.05, 3.63) is 0 Å². The van der Waals surface area contributed by atoms with Gasteiger partial charge in [0.2, 0.25) is 5.91 Å². The van der Waals surface area contributed by atoms with Crippen LogP contribution in [-0.4, -0.2) is 60.0 Å². The predicted octanol–water partition coefficient (Wildman–Crippen LogP) is 0.260. The van der Waals surface area contributed by atoms with E-state index in [1.165, 1.54) is 6.92 Å². The minimum Gasteiger partial charge on any atom is -0.481 e. The van der Waals surface area contributed by atoms with Crippen molar-refractivity contribution in [2.75, 3.05) is 27.2 Å². The molecule has 0 aromatic heterocycles. The van der Waals surface area contributed by atoms with E-state index in [-0.39, 0.29) is 11.9 Å². The molecule has 16 heavy (non-hydrogen) atoms. The Balaban J connectivity index is 2.64. The minimum absolute atomic E-state index is 0.171. The third-order valence-corrected chi connectivity index (χ3v) is 2.98. The van der Waals surface area contributed by atoms with Crippen LogP contribution in [-0.2, 0) is 9.59 Å². The topological polar surface area (TPSA) is 60.9 Å². The molecule has 1 aliphatic rings. The highest BCUT2D eigenvalue weighted by molar-refractivity contribution is 5.96. The number of amides is 1. The zero-order chi connectivity index (χ0) is 12.3. The van der Waals surface area contributed by atoms with E-state index >= 15 is 0 Å². The van der Waals surface area contributed by atoms with Gasteiger partial charge < -0.3 is 14.9 Å². The Morgan fingerprint density at radius 1 is 1.50 bits per heavy atom. The normalized spacial score (nSPS) is 22.5. The first-order chi connectivity index (χ1) is 7.43. The second-order valence-electron chi connectivity index (χ2n) is 4.65. The molecule has 1 amide bonds. The smallest absolute Gasteiger partial charge is 0.315 e. The van der Waals surface area contributed by atoms with Crippen molar-refractivity contribution in [1.82, 2.24) is 9.80 Å². The molecule has 2 atom stereocenters. The molecule has 0 saturated carbocycles. The summed E-state index contributed by atoms with van der Waals surface area (Å²) in [5, 5.41) is 8.82. The highest BCUT2D eigenvalue weighted by Crippen LogP contribution is 2.20. The van der Waals surface area contributed by atoms with E-state index in [1.54, 1.807) is 4.90 Å². The van der Waals surface area contributed by atoms with E-state index in [2.05, 4.69) is 0 Å². The fourth-order valence-corrected chi connectivity index (χ4v) is 2.09. The van der Waals surface area contributed by atoms with Crippen LogP contribution in [0.2, 0.25) is 0 Å². The summed E-state index contributed by atoms with van der Waals surface area (Å²) in [7, 11) is 3.92. The Kier molecular flexibility index (Phi) is 4.29. The van der Waals surface area contributed by atoms with Crippen LogP contribution in [0.25, 0.3) is 0 Å². The quantitative estimate of drug-likeness (QED) is 0.701. The lowest BCUT2D eigenvalue weighted by Crippen LogP contribution is -2.45. The number of carboxylic acids is 1. The zero-order valence-corrected chi connectivity index (χ0v) is 10.1. The number of carbonyl (C=O) groups excluding carboxylic acids is 1. The molecule has 0 bridgehead atoms. The van der Waals surface area contributed by atoms with Crippen molar-refractivity contribution in [3.63, 3.8) is 0 Å². The van der Waals surface area contributed by atoms with Crippen LogP contribution in [0.1, 0.15) is 19.8 Å². The third-order valence-electron chi connectivity index (χ3n) is 2.98. The maximum absolute atomic E-state index is 11.9. The second-order valence-corrected chi connectivity index (χ2v) is 4.65. The molecular weight excluding hydrogens is 208 g/mol. The molecule has 0 radical (unpaired) electrons. The number of rotatable bonds is 4. The Labute approximate surface area is 96.0 Å². The average Bonchev–Trinajstić information content (AvgIpc) is 2.62. The molecule has 92 valence electrons. The molecule has 1 rings (SSSR count). The molecule has 1 fully saturated rings. The highest BCUT2D eigenvalue weighted by Gasteiger charge is 2.34. The number of likely N-dealkylation sites (N-methyl/N-ethyl adjacent to an activating group) is 1. The van der Waals surface area contributed by atoms with Crippen molar-refractivity contribution in [2.24, 2.45) is 5.92 Å². The second kappa shape index (κ2) is 5.30. The number of carboxylic acid groups (broad SMARTS) is 1. The molecule has 1 heterocycles. The largest absolute Gasteiger partial charge is 0.481 e. The van der Waals surface area contributed by atoms with Crippen LogP contribution in [0.3, 0.4) is 0 Å². The van der Waals surface area contributed by atoms with Crippen molar-refractivity contribution < 1.29 is 14.7 Å². The molecule has 1 saturated heterocycles. The Morgan fingerprint density at radius 2 is 2.12 bits per heavy atom. The van der Waals surface area contributed by atoms with E-state index in [9.17, 15) is 9.59 Å². The number of likely N-dealkylation sites (tertiary alicyclic amines) is 1. The van der Waals surface area contributed by atoms with E-state index in [1.807, 2.05) is 19.0 Å². The van der Waals surface area contributed by atoms with Crippen LogP contribution < -0.4 is 0 Å². The van der Waals surface area contributed by atoms with Gasteiger partial charge in [-0.15, -0.1) is 0 Å². The lowest BCUT2D eigenvalue weighted by Gasteiger charge is -2.28. The number of aliphatic carboxylic acids is 1. The monoisotopic (exact) mass is 228 g/mol. The van der Waals surface area contributed by atoms with Gasteiger partial charge in [0.25, 0.3) is 0 Å². The molecule has 0 aliphatic carbocycles. The first-order valence-corrected chi connectivity index (χ1v) is 5.61. The summed E-state index contributed by atoms with van der Waals surface area (Å²) in [6, 6.07) is 0.171. The Bertz CT molecular complexity index is 278. The van der Waals surface area contributed by atoms with Gasteiger partial charge in [0.1, 0.15) is 5.92 Å². The first kappa shape index (κ1) is 13.0. The predicted molar refractivity (Wildman–Crippen MR) is 60.1 cm³/mol. The van der Waals surface area contributed by atoms with Crippen LogP contribution in [0, 0.1) is 5.92 Å². The van der Waals surface area contributed by atoms with Gasteiger partial charge in [-0.05, 0) is 33.9 Å². The maximum Gasteiger partial charge on any atom is 0.315 e. The van der Waals surface area contributed by atoms with Gasteiger partial charge in [-0.3, -0.25) is 9.59 Å². The Morgan fingerprint density at radius 3 is 2.62 bits per heavy atom. The molecule has 0 aromatic carbocycles. The zero-order valence-electron chi connectivity index (χ0n) is 10.1. The van der Waals surface area contributed by atoms with E-state index in [0.29, 0.717) is 6.54 Å². The Hall–Kier alpha value is -1.10. The van der Waals surface area contributed by atoms with Crippen LogP contribution in [0.4, 0.5) is 0 Å². The number of nitrogens with zero attached hydrogens (tertiary/aromatic N) is 2. The number of hydrogen-bond donors (Lipinski definition) is 1. The number of carbonyl (C=O) groups is 2. The average molecular weight is 228 g/mol. The summed E-state index contributed by atoms with van der Waals surface area (Å²) in [4.78, 5) is 26.4. The molecule has 2 unspecified atom stereocenters. The fraction of sp³-hybridized carbons (Fsp3) is 0.818. The van der Waals surface area contributed by atoms with Gasteiger partial charge in [-0.2, -0.15) is 0 Å². The van der Waals surface area contributed by atoms with Gasteiger partial charge in [0.05, 0.1) is 0 Å². The first-order valence-electron chi connectivity index (χ1n) is 5.61. The van der Waals surface area contributed by atoms with Crippen molar-refractivity contribution >= 4 is 11.9 Å². The molecular formula is C11H20N2O3. The van der Waals surface area contributed by atoms with Crippen LogP contribution >= 0.6 is 0 Å². The minimum atomic E-state index is -1.04. The molecule has 0 aromatic rings. The molecule has 5 nitrogen and oxygen atoms in total. The van der Waals surface area contributed by atoms with Gasteiger partial charge >= 0.3 is 5.97 Å². The third kappa shape index (κ3) is 2.95. The summed E-state index contributed by atoms with van der Waals surface area (Å²) in [6.07, 6.45) is 1.94. The highest BCUT2D eigenvalue weighted by atomic mass is 16.4. The lowest BCUT2D eigenvalue weighted by atomic mass is 10.1. The van der Waals surface area contributed by atoms with Gasteiger partial charge in [-0.1, -0.05) is 0 Å². The molecule has 0 spiro atoms. The summed E-state index contributed by atoms with van der Waals surface area (Å²) < 4.78 is 0. The van der Waals surface area contributed by atoms with Gasteiger partial charge in [-0.25, -0.2) is 0 Å². The van der Waals surface area contributed by atoms with Crippen molar-refractivity contribution in [2.45, 2.75) is 25.8 Å². The van der Waals surface area contributed by atoms with Gasteiger partial charge in [0, 0.05) is 19.1 Å². The molecule has 5 heteroatoms. The fourth-order valence-electron chi connectivity index (χ4n) is 2.09. The van der Waals surface area contributed by atoms with Gasteiger partial charge in [0.15, 0.2) is 0 Å². The van der Waals surface area contributed by atoms with Crippen molar-refractivity contribution in [3.8, 4) is 0 Å². The summed E-state index contributed by atoms with van der Waals surface area (Å²) in [6.45, 7) is 2.95. The van der Waals surface area contributed by atoms with Crippen LogP contribution in [0.5, 0.6) is 0 Å². The number of hydrogen-bond acceptors (Lipinski definition) is 3. The van der Waals surface area contributed by atoms with E-state index in [0.717, 1.165) is 19.4 Å².